The van der Waals surface area contributed by atoms with Crippen LogP contribution in [0.1, 0.15) is 35.6 Å². The van der Waals surface area contributed by atoms with Crippen LogP contribution in [-0.2, 0) is 0 Å². The van der Waals surface area contributed by atoms with Gasteiger partial charge >= 0.3 is 29.6 Å². The van der Waals surface area contributed by atoms with Crippen LogP contribution in [0, 0.1) is 13.8 Å². The standard InChI is InChI=1S/C7H8N2O2.C2H6.Na/c1-4-6(7(10)11)5(2)9-3-8-4;1-2;/h3H,1-2H3,(H,10,11);1-2H3;/q;;+1/p-1. The summed E-state index contributed by atoms with van der Waals surface area (Å²) in [6, 6.07) is 0. The quantitative estimate of drug-likeness (QED) is 0.474. The minimum Gasteiger partial charge on any atom is -0.545 e. The monoisotopic (exact) mass is 204 g/mol. The van der Waals surface area contributed by atoms with E-state index in [0.29, 0.717) is 11.4 Å². The maximum atomic E-state index is 10.5. The first-order chi connectivity index (χ1) is 6.13. The summed E-state index contributed by atoms with van der Waals surface area (Å²) < 4.78 is 0. The third-order valence-electron chi connectivity index (χ3n) is 1.43. The molecule has 0 N–H and O–H groups in total. The number of hydrogen-bond donors (Lipinski definition) is 0. The van der Waals surface area contributed by atoms with E-state index in [1.165, 1.54) is 6.33 Å². The van der Waals surface area contributed by atoms with Gasteiger partial charge in [-0.05, 0) is 13.8 Å². The van der Waals surface area contributed by atoms with E-state index in [9.17, 15) is 9.90 Å². The Morgan fingerprint density at radius 2 is 1.57 bits per heavy atom. The van der Waals surface area contributed by atoms with E-state index in [-0.39, 0.29) is 35.1 Å². The van der Waals surface area contributed by atoms with E-state index in [4.69, 9.17) is 0 Å². The molecule has 1 rings (SSSR count). The summed E-state index contributed by atoms with van der Waals surface area (Å²) in [6.07, 6.45) is 1.33. The van der Waals surface area contributed by atoms with E-state index in [0.717, 1.165) is 0 Å². The summed E-state index contributed by atoms with van der Waals surface area (Å²) in [7, 11) is 0. The van der Waals surface area contributed by atoms with E-state index in [1.54, 1.807) is 13.8 Å². The fourth-order valence-corrected chi connectivity index (χ4v) is 0.888. The Morgan fingerprint density at radius 1 is 1.21 bits per heavy atom. The zero-order valence-corrected chi connectivity index (χ0v) is 11.3. The number of carboxylic acids is 1. The summed E-state index contributed by atoms with van der Waals surface area (Å²) in [5.74, 6) is -1.22. The van der Waals surface area contributed by atoms with Crippen molar-refractivity contribution in [1.82, 2.24) is 9.97 Å². The number of rotatable bonds is 1. The van der Waals surface area contributed by atoms with E-state index in [2.05, 4.69) is 9.97 Å². The van der Waals surface area contributed by atoms with Crippen LogP contribution in [0.25, 0.3) is 0 Å². The Labute approximate surface area is 106 Å². The maximum absolute atomic E-state index is 10.5. The molecule has 0 saturated heterocycles. The van der Waals surface area contributed by atoms with Gasteiger partial charge in [0, 0.05) is 17.0 Å². The summed E-state index contributed by atoms with van der Waals surface area (Å²) in [4.78, 5) is 17.9. The molecule has 0 saturated carbocycles. The van der Waals surface area contributed by atoms with Crippen molar-refractivity contribution in [3.63, 3.8) is 0 Å². The van der Waals surface area contributed by atoms with Crippen LogP contribution in [0.4, 0.5) is 0 Å². The van der Waals surface area contributed by atoms with Crippen molar-refractivity contribution in [2.24, 2.45) is 0 Å². The molecule has 1 aromatic rings. The summed E-state index contributed by atoms with van der Waals surface area (Å²) in [6.45, 7) is 7.22. The van der Waals surface area contributed by atoms with Crippen LogP contribution >= 0.6 is 0 Å². The van der Waals surface area contributed by atoms with Gasteiger partial charge in [-0.1, -0.05) is 13.8 Å². The minimum atomic E-state index is -1.22. The molecule has 0 fully saturated rings. The maximum Gasteiger partial charge on any atom is 1.00 e. The number of hydrogen-bond acceptors (Lipinski definition) is 4. The van der Waals surface area contributed by atoms with E-state index < -0.39 is 5.97 Å². The van der Waals surface area contributed by atoms with Gasteiger partial charge in [0.25, 0.3) is 0 Å². The van der Waals surface area contributed by atoms with Crippen molar-refractivity contribution in [2.45, 2.75) is 27.7 Å². The molecule has 5 heteroatoms. The smallest absolute Gasteiger partial charge is 0.545 e. The molecular weight excluding hydrogens is 191 g/mol. The second-order valence-electron chi connectivity index (χ2n) is 2.21. The third kappa shape index (κ3) is 4.17. The number of carbonyl (C=O) groups is 1. The average molecular weight is 204 g/mol. The molecule has 1 aromatic heterocycles. The molecule has 0 bridgehead atoms. The van der Waals surface area contributed by atoms with Crippen LogP contribution in [0.2, 0.25) is 0 Å². The SMILES string of the molecule is CC.Cc1ncnc(C)c1C(=O)[O-].[Na+]. The van der Waals surface area contributed by atoms with Crippen molar-refractivity contribution in [1.29, 1.82) is 0 Å². The third-order valence-corrected chi connectivity index (χ3v) is 1.43. The Morgan fingerprint density at radius 3 is 1.79 bits per heavy atom. The molecule has 72 valence electrons. The Hall–Kier alpha value is -0.450. The molecule has 0 unspecified atom stereocenters. The van der Waals surface area contributed by atoms with Crippen LogP contribution in [0.15, 0.2) is 6.33 Å². The number of carboxylic acid groups (broad SMARTS) is 1. The molecule has 0 aliphatic heterocycles. The molecule has 4 nitrogen and oxygen atoms in total. The predicted molar refractivity (Wildman–Crippen MR) is 47.2 cm³/mol. The van der Waals surface area contributed by atoms with Crippen molar-refractivity contribution in [3.8, 4) is 0 Å². The zero-order valence-electron chi connectivity index (χ0n) is 9.29. The number of carbonyl (C=O) groups excluding carboxylic acids is 1. The van der Waals surface area contributed by atoms with Gasteiger partial charge in [-0.15, -0.1) is 0 Å². The summed E-state index contributed by atoms with van der Waals surface area (Å²) in [5.41, 5.74) is 0.975. The van der Waals surface area contributed by atoms with Gasteiger partial charge in [-0.2, -0.15) is 0 Å². The molecule has 14 heavy (non-hydrogen) atoms. The number of nitrogens with zero attached hydrogens (tertiary/aromatic N) is 2. The molecule has 0 amide bonds. The second kappa shape index (κ2) is 7.91. The molecule has 1 heterocycles. The van der Waals surface area contributed by atoms with Crippen LogP contribution in [-0.4, -0.2) is 15.9 Å². The Balaban J connectivity index is 0. The average Bonchev–Trinajstić information content (AvgIpc) is 2.07. The first kappa shape index (κ1) is 16.0. The van der Waals surface area contributed by atoms with Gasteiger partial charge in [0.15, 0.2) is 0 Å². The van der Waals surface area contributed by atoms with Crippen LogP contribution < -0.4 is 34.7 Å². The number of aryl methyl sites for hydroxylation is 2. The van der Waals surface area contributed by atoms with E-state index in [1.807, 2.05) is 13.8 Å². The first-order valence-corrected chi connectivity index (χ1v) is 4.12. The Bertz CT molecular complexity index is 283. The molecule has 0 aliphatic rings. The fourth-order valence-electron chi connectivity index (χ4n) is 0.888. The Kier molecular flexibility index (Phi) is 9.04. The van der Waals surface area contributed by atoms with Gasteiger partial charge in [0.05, 0.1) is 5.97 Å². The van der Waals surface area contributed by atoms with Crippen molar-refractivity contribution >= 4 is 5.97 Å². The zero-order chi connectivity index (χ0) is 10.4. The largest absolute Gasteiger partial charge is 1.00 e. The molecular formula is C9H13N2NaO2. The van der Waals surface area contributed by atoms with Crippen molar-refractivity contribution in [2.75, 3.05) is 0 Å². The normalized spacial score (nSPS) is 8.00. The predicted octanol–water partition coefficient (Wildman–Crippen LogP) is -2.51. The first-order valence-electron chi connectivity index (χ1n) is 4.12. The van der Waals surface area contributed by atoms with Crippen molar-refractivity contribution < 1.29 is 39.5 Å². The van der Waals surface area contributed by atoms with Crippen LogP contribution in [0.3, 0.4) is 0 Å². The number of aromatic carboxylic acids is 1. The van der Waals surface area contributed by atoms with Crippen LogP contribution in [0.5, 0.6) is 0 Å². The van der Waals surface area contributed by atoms with Gasteiger partial charge in [-0.25, -0.2) is 9.97 Å². The van der Waals surface area contributed by atoms with Gasteiger partial charge in [0.2, 0.25) is 0 Å². The molecule has 0 radical (unpaired) electrons. The molecule has 0 spiro atoms. The second-order valence-corrected chi connectivity index (χ2v) is 2.21. The van der Waals surface area contributed by atoms with Gasteiger partial charge in [0.1, 0.15) is 6.33 Å². The van der Waals surface area contributed by atoms with Gasteiger partial charge in [-0.3, -0.25) is 0 Å². The summed E-state index contributed by atoms with van der Waals surface area (Å²) in [5, 5.41) is 10.5. The van der Waals surface area contributed by atoms with Crippen molar-refractivity contribution in [3.05, 3.63) is 23.3 Å². The number of aromatic nitrogens is 2. The minimum absolute atomic E-state index is 0. The molecule has 0 aromatic carbocycles. The van der Waals surface area contributed by atoms with Gasteiger partial charge < -0.3 is 9.90 Å². The topological polar surface area (TPSA) is 65.9 Å². The van der Waals surface area contributed by atoms with E-state index >= 15 is 0 Å². The molecule has 0 atom stereocenters. The fraction of sp³-hybridized carbons (Fsp3) is 0.444. The molecule has 0 aliphatic carbocycles. The summed E-state index contributed by atoms with van der Waals surface area (Å²) >= 11 is 0.